The molecule has 2 unspecified atom stereocenters. The van der Waals surface area contributed by atoms with Crippen molar-refractivity contribution < 1.29 is 14.3 Å². The van der Waals surface area contributed by atoms with Crippen LogP contribution in [0, 0.1) is 0 Å². The van der Waals surface area contributed by atoms with Crippen molar-refractivity contribution >= 4 is 5.91 Å². The van der Waals surface area contributed by atoms with Crippen molar-refractivity contribution in [2.24, 2.45) is 5.73 Å². The van der Waals surface area contributed by atoms with Crippen LogP contribution in [0.3, 0.4) is 0 Å². The minimum Gasteiger partial charge on any atom is -0.491 e. The second kappa shape index (κ2) is 5.93. The molecular formula is C14H20N2O3. The molecule has 5 heteroatoms. The number of rotatable bonds is 5. The summed E-state index contributed by atoms with van der Waals surface area (Å²) >= 11 is 0. The molecule has 0 aliphatic carbocycles. The lowest BCUT2D eigenvalue weighted by atomic mass is 10.1. The van der Waals surface area contributed by atoms with E-state index in [0.717, 1.165) is 17.7 Å². The van der Waals surface area contributed by atoms with Crippen molar-refractivity contribution in [2.45, 2.75) is 32.4 Å². The molecule has 1 aliphatic heterocycles. The highest BCUT2D eigenvalue weighted by Gasteiger charge is 2.20. The second-order valence-corrected chi connectivity index (χ2v) is 4.78. The number of carbonyl (C=O) groups is 1. The number of nitrogens with one attached hydrogen (secondary N) is 1. The summed E-state index contributed by atoms with van der Waals surface area (Å²) in [7, 11) is 0. The van der Waals surface area contributed by atoms with Crippen molar-refractivity contribution in [1.29, 1.82) is 0 Å². The fourth-order valence-electron chi connectivity index (χ4n) is 1.87. The van der Waals surface area contributed by atoms with Crippen LogP contribution in [0.4, 0.5) is 0 Å². The van der Waals surface area contributed by atoms with Crippen molar-refractivity contribution in [2.75, 3.05) is 13.2 Å². The number of hydrogen-bond acceptors (Lipinski definition) is 4. The van der Waals surface area contributed by atoms with Crippen molar-refractivity contribution in [3.05, 3.63) is 23.8 Å². The molecule has 1 aromatic carbocycles. The van der Waals surface area contributed by atoms with E-state index < -0.39 is 0 Å². The Morgan fingerprint density at radius 1 is 1.63 bits per heavy atom. The fraction of sp³-hybridized carbons (Fsp3) is 0.500. The molecule has 0 saturated carbocycles. The number of benzene rings is 1. The molecule has 104 valence electrons. The van der Waals surface area contributed by atoms with E-state index in [2.05, 4.69) is 5.32 Å². The first-order chi connectivity index (χ1) is 9.10. The minimum atomic E-state index is -0.118. The van der Waals surface area contributed by atoms with Crippen molar-refractivity contribution in [1.82, 2.24) is 5.32 Å². The lowest BCUT2D eigenvalue weighted by molar-refractivity contribution is -0.123. The number of carbonyl (C=O) groups excluding carboxylic acids is 1. The third-order valence-electron chi connectivity index (χ3n) is 3.19. The Morgan fingerprint density at radius 3 is 3.16 bits per heavy atom. The van der Waals surface area contributed by atoms with Gasteiger partial charge in [-0.25, -0.2) is 0 Å². The highest BCUT2D eigenvalue weighted by molar-refractivity contribution is 5.77. The summed E-state index contributed by atoms with van der Waals surface area (Å²) in [6.07, 6.45) is 0.899. The van der Waals surface area contributed by atoms with E-state index in [0.29, 0.717) is 12.4 Å². The van der Waals surface area contributed by atoms with Crippen LogP contribution in [0.25, 0.3) is 0 Å². The number of hydrogen-bond donors (Lipinski definition) is 2. The molecule has 0 fully saturated rings. The first-order valence-electron chi connectivity index (χ1n) is 6.54. The summed E-state index contributed by atoms with van der Waals surface area (Å²) in [5.41, 5.74) is 6.84. The summed E-state index contributed by atoms with van der Waals surface area (Å²) in [4.78, 5) is 11.6. The molecule has 0 aromatic heterocycles. The van der Waals surface area contributed by atoms with Gasteiger partial charge in [-0.05, 0) is 25.5 Å². The Kier molecular flexibility index (Phi) is 4.27. The summed E-state index contributed by atoms with van der Waals surface area (Å²) in [6, 6.07) is 5.56. The van der Waals surface area contributed by atoms with Crippen LogP contribution >= 0.6 is 0 Å². The zero-order chi connectivity index (χ0) is 13.8. The van der Waals surface area contributed by atoms with Crippen LogP contribution < -0.4 is 20.5 Å². The number of ether oxygens (including phenoxy) is 2. The van der Waals surface area contributed by atoms with Gasteiger partial charge < -0.3 is 20.5 Å². The molecular weight excluding hydrogens is 244 g/mol. The van der Waals surface area contributed by atoms with E-state index in [9.17, 15) is 4.79 Å². The molecule has 3 N–H and O–H groups in total. The Morgan fingerprint density at radius 2 is 2.42 bits per heavy atom. The molecule has 0 saturated heterocycles. The van der Waals surface area contributed by atoms with Crippen molar-refractivity contribution in [3.63, 3.8) is 0 Å². The maximum absolute atomic E-state index is 11.6. The van der Waals surface area contributed by atoms with Crippen LogP contribution in [-0.4, -0.2) is 25.2 Å². The Hall–Kier alpha value is -1.75. The molecule has 19 heavy (non-hydrogen) atoms. The predicted molar refractivity (Wildman–Crippen MR) is 72.3 cm³/mol. The molecule has 0 bridgehead atoms. The van der Waals surface area contributed by atoms with Gasteiger partial charge in [-0.3, -0.25) is 4.79 Å². The van der Waals surface area contributed by atoms with Crippen LogP contribution in [0.15, 0.2) is 18.2 Å². The number of amides is 1. The van der Waals surface area contributed by atoms with Crippen LogP contribution in [0.1, 0.15) is 31.9 Å². The second-order valence-electron chi connectivity index (χ2n) is 4.78. The van der Waals surface area contributed by atoms with E-state index in [4.69, 9.17) is 15.2 Å². The fourth-order valence-corrected chi connectivity index (χ4v) is 1.87. The highest BCUT2D eigenvalue weighted by Crippen LogP contribution is 2.33. The highest BCUT2D eigenvalue weighted by atomic mass is 16.5. The SMILES string of the molecule is CCC(C)NC(=O)COc1ccc2c(c1)OCC2N. The number of nitrogens with two attached hydrogens (primary N) is 1. The van der Waals surface area contributed by atoms with E-state index in [1.54, 1.807) is 6.07 Å². The summed E-state index contributed by atoms with van der Waals surface area (Å²) in [5, 5.41) is 2.84. The summed E-state index contributed by atoms with van der Waals surface area (Å²) in [6.45, 7) is 4.48. The lowest BCUT2D eigenvalue weighted by Gasteiger charge is -2.12. The maximum atomic E-state index is 11.6. The minimum absolute atomic E-state index is 0.00911. The smallest absolute Gasteiger partial charge is 0.258 e. The standard InChI is InChI=1S/C14H20N2O3/c1-3-9(2)16-14(17)8-18-10-4-5-11-12(15)7-19-13(11)6-10/h4-6,9,12H,3,7-8,15H2,1-2H3,(H,16,17). The quantitative estimate of drug-likeness (QED) is 0.842. The van der Waals surface area contributed by atoms with Gasteiger partial charge in [0.25, 0.3) is 5.91 Å². The van der Waals surface area contributed by atoms with E-state index in [-0.39, 0.29) is 24.6 Å². The lowest BCUT2D eigenvalue weighted by Crippen LogP contribution is -2.35. The van der Waals surface area contributed by atoms with Gasteiger partial charge in [0.1, 0.15) is 18.1 Å². The maximum Gasteiger partial charge on any atom is 0.258 e. The van der Waals surface area contributed by atoms with Gasteiger partial charge in [0.15, 0.2) is 6.61 Å². The van der Waals surface area contributed by atoms with E-state index >= 15 is 0 Å². The van der Waals surface area contributed by atoms with Gasteiger partial charge in [0, 0.05) is 17.7 Å². The molecule has 1 aliphatic rings. The topological polar surface area (TPSA) is 73.6 Å². The van der Waals surface area contributed by atoms with Gasteiger partial charge >= 0.3 is 0 Å². The van der Waals surface area contributed by atoms with Crippen LogP contribution in [-0.2, 0) is 4.79 Å². The molecule has 2 rings (SSSR count). The first kappa shape index (κ1) is 13.7. The molecule has 1 aromatic rings. The molecule has 0 spiro atoms. The average Bonchev–Trinajstić information content (AvgIpc) is 2.77. The van der Waals surface area contributed by atoms with E-state index in [1.807, 2.05) is 26.0 Å². The number of fused-ring (bicyclic) bond motifs is 1. The van der Waals surface area contributed by atoms with Crippen LogP contribution in [0.5, 0.6) is 11.5 Å². The molecule has 5 nitrogen and oxygen atoms in total. The van der Waals surface area contributed by atoms with Crippen molar-refractivity contribution in [3.8, 4) is 11.5 Å². The van der Waals surface area contributed by atoms with Gasteiger partial charge in [-0.15, -0.1) is 0 Å². The third kappa shape index (κ3) is 3.38. The molecule has 1 amide bonds. The Balaban J connectivity index is 1.89. The Bertz CT molecular complexity index is 462. The monoisotopic (exact) mass is 264 g/mol. The largest absolute Gasteiger partial charge is 0.491 e. The Labute approximate surface area is 113 Å². The average molecular weight is 264 g/mol. The summed E-state index contributed by atoms with van der Waals surface area (Å²) in [5.74, 6) is 1.24. The molecule has 1 heterocycles. The summed E-state index contributed by atoms with van der Waals surface area (Å²) < 4.78 is 10.9. The van der Waals surface area contributed by atoms with Gasteiger partial charge in [-0.2, -0.15) is 0 Å². The van der Waals surface area contributed by atoms with Gasteiger partial charge in [0.2, 0.25) is 0 Å². The molecule has 0 radical (unpaired) electrons. The predicted octanol–water partition coefficient (Wildman–Crippen LogP) is 1.37. The molecule has 2 atom stereocenters. The third-order valence-corrected chi connectivity index (χ3v) is 3.19. The van der Waals surface area contributed by atoms with Gasteiger partial charge in [-0.1, -0.05) is 6.92 Å². The van der Waals surface area contributed by atoms with E-state index in [1.165, 1.54) is 0 Å². The zero-order valence-corrected chi connectivity index (χ0v) is 11.3. The zero-order valence-electron chi connectivity index (χ0n) is 11.3. The van der Waals surface area contributed by atoms with Gasteiger partial charge in [0.05, 0.1) is 6.04 Å². The normalized spacial score (nSPS) is 18.4. The van der Waals surface area contributed by atoms with Crippen LogP contribution in [0.2, 0.25) is 0 Å². The first-order valence-corrected chi connectivity index (χ1v) is 6.54.